The summed E-state index contributed by atoms with van der Waals surface area (Å²) in [7, 11) is 0. The zero-order chi connectivity index (χ0) is 20.8. The van der Waals surface area contributed by atoms with Crippen LogP contribution in [0.3, 0.4) is 0 Å². The Labute approximate surface area is 181 Å². The molecule has 3 unspecified atom stereocenters. The molecule has 0 radical (unpaired) electrons. The Morgan fingerprint density at radius 3 is 2.63 bits per heavy atom. The van der Waals surface area contributed by atoms with Crippen LogP contribution in [0.2, 0.25) is 0 Å². The SMILES string of the molecule is CC(COc1ccc(CC2CNCS2)cc1)N1CC(COc2ccccc2)OC1=O. The van der Waals surface area contributed by atoms with Gasteiger partial charge in [-0.05, 0) is 43.2 Å². The standard InChI is InChI=1S/C23H28N2O4S/c1-17(14-27-20-9-7-18(8-10-20)11-22-12-24-16-30-22)25-13-21(29-23(25)26)15-28-19-5-3-2-4-6-19/h2-10,17,21-22,24H,11-16H2,1H3. The van der Waals surface area contributed by atoms with Crippen LogP contribution in [0, 0.1) is 0 Å². The van der Waals surface area contributed by atoms with Gasteiger partial charge in [0.1, 0.15) is 24.7 Å². The minimum atomic E-state index is -0.314. The van der Waals surface area contributed by atoms with Gasteiger partial charge in [0.05, 0.1) is 12.6 Å². The fourth-order valence-corrected chi connectivity index (χ4v) is 4.59. The molecule has 30 heavy (non-hydrogen) atoms. The molecular formula is C23H28N2O4S. The largest absolute Gasteiger partial charge is 0.491 e. The van der Waals surface area contributed by atoms with E-state index < -0.39 is 0 Å². The molecule has 0 bridgehead atoms. The van der Waals surface area contributed by atoms with Crippen LogP contribution < -0.4 is 14.8 Å². The molecule has 2 heterocycles. The first kappa shape index (κ1) is 20.9. The molecule has 1 amide bonds. The Balaban J connectivity index is 1.21. The number of hydrogen-bond donors (Lipinski definition) is 1. The van der Waals surface area contributed by atoms with Crippen molar-refractivity contribution in [2.45, 2.75) is 30.7 Å². The Morgan fingerprint density at radius 2 is 1.90 bits per heavy atom. The molecule has 0 saturated carbocycles. The van der Waals surface area contributed by atoms with E-state index in [0.717, 1.165) is 30.3 Å². The van der Waals surface area contributed by atoms with Crippen LogP contribution in [-0.2, 0) is 11.2 Å². The number of rotatable bonds is 9. The Morgan fingerprint density at radius 1 is 1.13 bits per heavy atom. The van der Waals surface area contributed by atoms with Crippen molar-refractivity contribution in [3.05, 3.63) is 60.2 Å². The van der Waals surface area contributed by atoms with E-state index >= 15 is 0 Å². The molecule has 2 aliphatic rings. The van der Waals surface area contributed by atoms with E-state index in [1.807, 2.05) is 61.2 Å². The summed E-state index contributed by atoms with van der Waals surface area (Å²) < 4.78 is 17.1. The third-order valence-electron chi connectivity index (χ3n) is 5.28. The van der Waals surface area contributed by atoms with Gasteiger partial charge < -0.3 is 19.5 Å². The van der Waals surface area contributed by atoms with Gasteiger partial charge in [-0.25, -0.2) is 4.79 Å². The van der Waals surface area contributed by atoms with Gasteiger partial charge in [-0.2, -0.15) is 0 Å². The van der Waals surface area contributed by atoms with Gasteiger partial charge in [0.25, 0.3) is 0 Å². The molecule has 7 heteroatoms. The van der Waals surface area contributed by atoms with Crippen molar-refractivity contribution in [1.29, 1.82) is 0 Å². The van der Waals surface area contributed by atoms with Crippen molar-refractivity contribution in [3.63, 3.8) is 0 Å². The van der Waals surface area contributed by atoms with Crippen molar-refractivity contribution in [3.8, 4) is 11.5 Å². The van der Waals surface area contributed by atoms with Crippen LogP contribution in [0.1, 0.15) is 12.5 Å². The van der Waals surface area contributed by atoms with Crippen LogP contribution in [0.4, 0.5) is 4.79 Å². The molecule has 0 spiro atoms. The normalized spacial score (nSPS) is 22.0. The maximum atomic E-state index is 12.2. The highest BCUT2D eigenvalue weighted by Crippen LogP contribution is 2.22. The van der Waals surface area contributed by atoms with Gasteiger partial charge in [0, 0.05) is 17.7 Å². The number of amides is 1. The third kappa shape index (κ3) is 5.61. The molecule has 4 rings (SSSR count). The van der Waals surface area contributed by atoms with E-state index in [0.29, 0.717) is 25.0 Å². The van der Waals surface area contributed by atoms with Crippen LogP contribution >= 0.6 is 11.8 Å². The monoisotopic (exact) mass is 428 g/mol. The fraction of sp³-hybridized carbons (Fsp3) is 0.435. The number of para-hydroxylation sites is 1. The van der Waals surface area contributed by atoms with Gasteiger partial charge in [-0.1, -0.05) is 30.3 Å². The number of nitrogens with zero attached hydrogens (tertiary/aromatic N) is 1. The summed E-state index contributed by atoms with van der Waals surface area (Å²) in [4.78, 5) is 13.9. The van der Waals surface area contributed by atoms with Crippen molar-refractivity contribution < 1.29 is 19.0 Å². The number of nitrogens with one attached hydrogen (secondary N) is 1. The summed E-state index contributed by atoms with van der Waals surface area (Å²) >= 11 is 1.97. The summed E-state index contributed by atoms with van der Waals surface area (Å²) in [6, 6.07) is 17.7. The number of carbonyl (C=O) groups excluding carboxylic acids is 1. The average molecular weight is 429 g/mol. The zero-order valence-corrected chi connectivity index (χ0v) is 18.0. The van der Waals surface area contributed by atoms with Gasteiger partial charge in [0.2, 0.25) is 0 Å². The van der Waals surface area contributed by atoms with Gasteiger partial charge in [-0.15, -0.1) is 11.8 Å². The molecule has 0 aliphatic carbocycles. The molecule has 2 aromatic rings. The molecule has 0 aromatic heterocycles. The highest BCUT2D eigenvalue weighted by atomic mass is 32.2. The van der Waals surface area contributed by atoms with Gasteiger partial charge in [-0.3, -0.25) is 4.90 Å². The van der Waals surface area contributed by atoms with E-state index in [1.54, 1.807) is 4.90 Å². The molecule has 2 aromatic carbocycles. The van der Waals surface area contributed by atoms with Crippen LogP contribution in [0.15, 0.2) is 54.6 Å². The summed E-state index contributed by atoms with van der Waals surface area (Å²) in [5, 5.41) is 4.02. The van der Waals surface area contributed by atoms with Crippen molar-refractivity contribution in [2.24, 2.45) is 0 Å². The zero-order valence-electron chi connectivity index (χ0n) is 17.2. The molecule has 2 aliphatic heterocycles. The number of carbonyl (C=O) groups is 1. The second-order valence-corrected chi connectivity index (χ2v) is 8.97. The summed E-state index contributed by atoms with van der Waals surface area (Å²) in [6.45, 7) is 4.31. The molecular weight excluding hydrogens is 400 g/mol. The van der Waals surface area contributed by atoms with Gasteiger partial charge in [0.15, 0.2) is 6.10 Å². The topological polar surface area (TPSA) is 60.0 Å². The lowest BCUT2D eigenvalue weighted by Gasteiger charge is -2.22. The quantitative estimate of drug-likeness (QED) is 0.659. The van der Waals surface area contributed by atoms with Crippen molar-refractivity contribution in [2.75, 3.05) is 32.2 Å². The molecule has 160 valence electrons. The third-order valence-corrected chi connectivity index (χ3v) is 6.46. The minimum Gasteiger partial charge on any atom is -0.491 e. The number of thioether (sulfide) groups is 1. The van der Waals surface area contributed by atoms with Crippen molar-refractivity contribution in [1.82, 2.24) is 10.2 Å². The summed E-state index contributed by atoms with van der Waals surface area (Å²) in [6.07, 6.45) is 0.480. The number of benzene rings is 2. The second kappa shape index (κ2) is 10.1. The molecule has 1 N–H and O–H groups in total. The summed E-state index contributed by atoms with van der Waals surface area (Å²) in [5.74, 6) is 2.64. The highest BCUT2D eigenvalue weighted by Gasteiger charge is 2.35. The van der Waals surface area contributed by atoms with E-state index in [2.05, 4.69) is 17.4 Å². The lowest BCUT2D eigenvalue weighted by molar-refractivity contribution is 0.100. The molecule has 2 fully saturated rings. The first-order valence-electron chi connectivity index (χ1n) is 10.4. The van der Waals surface area contributed by atoms with E-state index in [9.17, 15) is 4.79 Å². The highest BCUT2D eigenvalue weighted by molar-refractivity contribution is 8.00. The maximum Gasteiger partial charge on any atom is 0.410 e. The maximum absolute atomic E-state index is 12.2. The molecule has 2 saturated heterocycles. The predicted molar refractivity (Wildman–Crippen MR) is 118 cm³/mol. The minimum absolute atomic E-state index is 0.0835. The lowest BCUT2D eigenvalue weighted by Crippen LogP contribution is -2.38. The second-order valence-electron chi connectivity index (χ2n) is 7.68. The Kier molecular flexibility index (Phi) is 7.02. The molecule has 6 nitrogen and oxygen atoms in total. The van der Waals surface area contributed by atoms with Crippen molar-refractivity contribution >= 4 is 17.9 Å². The van der Waals surface area contributed by atoms with E-state index in [1.165, 1.54) is 5.56 Å². The van der Waals surface area contributed by atoms with Crippen LogP contribution in [0.5, 0.6) is 11.5 Å². The van der Waals surface area contributed by atoms with Gasteiger partial charge >= 0.3 is 6.09 Å². The number of hydrogen-bond acceptors (Lipinski definition) is 6. The van der Waals surface area contributed by atoms with Crippen LogP contribution in [0.25, 0.3) is 0 Å². The molecule has 3 atom stereocenters. The predicted octanol–water partition coefficient (Wildman–Crippen LogP) is 3.56. The lowest BCUT2D eigenvalue weighted by atomic mass is 10.1. The fourth-order valence-electron chi connectivity index (χ4n) is 3.57. The Hall–Kier alpha value is -2.38. The average Bonchev–Trinajstić information content (AvgIpc) is 3.42. The Bertz CT molecular complexity index is 812. The number of ether oxygens (including phenoxy) is 3. The van der Waals surface area contributed by atoms with E-state index in [-0.39, 0.29) is 18.2 Å². The first-order valence-corrected chi connectivity index (χ1v) is 11.4. The smallest absolute Gasteiger partial charge is 0.410 e. The number of cyclic esters (lactones) is 1. The van der Waals surface area contributed by atoms with Crippen LogP contribution in [-0.4, -0.2) is 60.6 Å². The first-order chi connectivity index (χ1) is 14.7. The van der Waals surface area contributed by atoms with E-state index in [4.69, 9.17) is 14.2 Å². The summed E-state index contributed by atoms with van der Waals surface area (Å²) in [5.41, 5.74) is 1.32.